The monoisotopic (exact) mass is 488 g/mol. The number of aromatic nitrogens is 3. The minimum atomic E-state index is -4.46. The highest BCUT2D eigenvalue weighted by atomic mass is 19.4. The highest BCUT2D eigenvalue weighted by Crippen LogP contribution is 2.36. The summed E-state index contributed by atoms with van der Waals surface area (Å²) in [6.45, 7) is 3.73. The zero-order valence-electron chi connectivity index (χ0n) is 19.6. The minimum absolute atomic E-state index is 0.0193. The molecule has 0 N–H and O–H groups in total. The lowest BCUT2D eigenvalue weighted by molar-refractivity contribution is -0.137. The van der Waals surface area contributed by atoms with Crippen LogP contribution in [0.3, 0.4) is 0 Å². The number of nitriles is 1. The molecule has 1 saturated heterocycles. The number of alkyl halides is 3. The Kier molecular flexibility index (Phi) is 6.18. The summed E-state index contributed by atoms with van der Waals surface area (Å²) < 4.78 is 40.8. The van der Waals surface area contributed by atoms with Gasteiger partial charge >= 0.3 is 6.18 Å². The van der Waals surface area contributed by atoms with Gasteiger partial charge in [0.05, 0.1) is 16.8 Å². The standard InChI is InChI=1S/C27H23F3N6/c1-18-17-35(11-12-36(18)25-10-7-20(15-31)16-32-25)26-23-14-21(27(28,29)30)8-9-22(23)24(33-34-26)13-19-5-3-2-4-6-19/h2-10,14,16,18H,11-13,17H2,1H3/t18-/m1/s1. The van der Waals surface area contributed by atoms with E-state index < -0.39 is 11.7 Å². The lowest BCUT2D eigenvalue weighted by atomic mass is 10.0. The number of halogens is 3. The van der Waals surface area contributed by atoms with Crippen molar-refractivity contribution in [3.8, 4) is 6.07 Å². The quantitative estimate of drug-likeness (QED) is 0.392. The van der Waals surface area contributed by atoms with E-state index in [0.29, 0.717) is 53.9 Å². The number of anilines is 2. The summed E-state index contributed by atoms with van der Waals surface area (Å²) in [4.78, 5) is 8.51. The van der Waals surface area contributed by atoms with Crippen LogP contribution in [0.15, 0.2) is 66.9 Å². The molecular weight excluding hydrogens is 465 g/mol. The van der Waals surface area contributed by atoms with E-state index in [1.165, 1.54) is 18.3 Å². The van der Waals surface area contributed by atoms with E-state index in [2.05, 4.69) is 26.2 Å². The highest BCUT2D eigenvalue weighted by Gasteiger charge is 2.32. The molecule has 5 rings (SSSR count). The van der Waals surface area contributed by atoms with Crippen molar-refractivity contribution < 1.29 is 13.2 Å². The number of nitrogens with zero attached hydrogens (tertiary/aromatic N) is 6. The largest absolute Gasteiger partial charge is 0.416 e. The molecule has 1 atom stereocenters. The van der Waals surface area contributed by atoms with E-state index in [1.807, 2.05) is 48.2 Å². The Morgan fingerprint density at radius 2 is 1.81 bits per heavy atom. The van der Waals surface area contributed by atoms with Crippen LogP contribution in [0.2, 0.25) is 0 Å². The molecule has 0 aliphatic carbocycles. The molecule has 6 nitrogen and oxygen atoms in total. The number of benzene rings is 2. The third-order valence-electron chi connectivity index (χ3n) is 6.48. The fraction of sp³-hybridized carbons (Fsp3) is 0.259. The van der Waals surface area contributed by atoms with Crippen LogP contribution in [0.25, 0.3) is 10.8 Å². The summed E-state index contributed by atoms with van der Waals surface area (Å²) in [7, 11) is 0. The molecule has 0 saturated carbocycles. The average Bonchev–Trinajstić information content (AvgIpc) is 2.89. The molecule has 0 bridgehead atoms. The van der Waals surface area contributed by atoms with Crippen LogP contribution >= 0.6 is 0 Å². The van der Waals surface area contributed by atoms with Crippen LogP contribution in [-0.2, 0) is 12.6 Å². The van der Waals surface area contributed by atoms with Crippen LogP contribution in [0, 0.1) is 11.3 Å². The van der Waals surface area contributed by atoms with Crippen molar-refractivity contribution in [2.24, 2.45) is 0 Å². The van der Waals surface area contributed by atoms with Crippen LogP contribution in [0.4, 0.5) is 24.8 Å². The van der Waals surface area contributed by atoms with Crippen molar-refractivity contribution in [1.82, 2.24) is 15.2 Å². The number of hydrogen-bond acceptors (Lipinski definition) is 6. The number of rotatable bonds is 4. The van der Waals surface area contributed by atoms with Gasteiger partial charge < -0.3 is 9.80 Å². The molecule has 0 unspecified atom stereocenters. The topological polar surface area (TPSA) is 68.9 Å². The van der Waals surface area contributed by atoms with Gasteiger partial charge in [0.15, 0.2) is 5.82 Å². The molecule has 182 valence electrons. The molecule has 3 heterocycles. The summed E-state index contributed by atoms with van der Waals surface area (Å²) in [6, 6.07) is 19.1. The van der Waals surface area contributed by atoms with Gasteiger partial charge in [0.2, 0.25) is 0 Å². The van der Waals surface area contributed by atoms with Gasteiger partial charge in [0.25, 0.3) is 0 Å². The molecule has 36 heavy (non-hydrogen) atoms. The Morgan fingerprint density at radius 1 is 1.00 bits per heavy atom. The first-order chi connectivity index (χ1) is 17.3. The van der Waals surface area contributed by atoms with Crippen molar-refractivity contribution in [1.29, 1.82) is 5.26 Å². The van der Waals surface area contributed by atoms with Crippen LogP contribution in [-0.4, -0.2) is 40.9 Å². The maximum absolute atomic E-state index is 13.6. The van der Waals surface area contributed by atoms with Crippen molar-refractivity contribution in [3.05, 3.63) is 89.2 Å². The van der Waals surface area contributed by atoms with Gasteiger partial charge in [-0.1, -0.05) is 36.4 Å². The highest BCUT2D eigenvalue weighted by molar-refractivity contribution is 5.94. The lowest BCUT2D eigenvalue weighted by Crippen LogP contribution is -2.52. The van der Waals surface area contributed by atoms with Gasteiger partial charge in [0.1, 0.15) is 11.9 Å². The number of hydrogen-bond donors (Lipinski definition) is 0. The molecule has 9 heteroatoms. The van der Waals surface area contributed by atoms with Crippen LogP contribution in [0.5, 0.6) is 0 Å². The smallest absolute Gasteiger partial charge is 0.351 e. The van der Waals surface area contributed by atoms with Crippen LogP contribution < -0.4 is 9.80 Å². The lowest BCUT2D eigenvalue weighted by Gasteiger charge is -2.41. The second-order valence-electron chi connectivity index (χ2n) is 8.90. The molecule has 0 radical (unpaired) electrons. The van der Waals surface area contributed by atoms with E-state index in [9.17, 15) is 13.2 Å². The maximum Gasteiger partial charge on any atom is 0.416 e. The Balaban J connectivity index is 1.49. The fourth-order valence-corrected chi connectivity index (χ4v) is 4.64. The zero-order chi connectivity index (χ0) is 25.3. The van der Waals surface area contributed by atoms with Gasteiger partial charge in [-0.2, -0.15) is 23.5 Å². The van der Waals surface area contributed by atoms with Gasteiger partial charge in [0, 0.05) is 49.1 Å². The zero-order valence-corrected chi connectivity index (χ0v) is 19.6. The summed E-state index contributed by atoms with van der Waals surface area (Å²) in [5.74, 6) is 1.21. The fourth-order valence-electron chi connectivity index (χ4n) is 4.64. The van der Waals surface area contributed by atoms with Crippen LogP contribution in [0.1, 0.15) is 29.3 Å². The summed E-state index contributed by atoms with van der Waals surface area (Å²) in [6.07, 6.45) is -2.44. The third-order valence-corrected chi connectivity index (χ3v) is 6.48. The molecule has 0 amide bonds. The first-order valence-corrected chi connectivity index (χ1v) is 11.6. The molecule has 0 spiro atoms. The maximum atomic E-state index is 13.6. The Morgan fingerprint density at radius 3 is 2.47 bits per heavy atom. The van der Waals surface area contributed by atoms with E-state index in [4.69, 9.17) is 5.26 Å². The number of pyridine rings is 1. The van der Waals surface area contributed by atoms with Gasteiger partial charge in [-0.05, 0) is 36.8 Å². The van der Waals surface area contributed by atoms with Crippen molar-refractivity contribution in [3.63, 3.8) is 0 Å². The number of piperazine rings is 1. The van der Waals surface area contributed by atoms with Gasteiger partial charge in [-0.25, -0.2) is 4.98 Å². The second kappa shape index (κ2) is 9.46. The number of fused-ring (bicyclic) bond motifs is 1. The van der Waals surface area contributed by atoms with Crippen molar-refractivity contribution in [2.75, 3.05) is 29.4 Å². The Labute approximate surface area is 206 Å². The molecule has 1 aliphatic heterocycles. The molecular formula is C27H23F3N6. The van der Waals surface area contributed by atoms with Crippen molar-refractivity contribution in [2.45, 2.75) is 25.6 Å². The van der Waals surface area contributed by atoms with E-state index in [0.717, 1.165) is 17.4 Å². The van der Waals surface area contributed by atoms with E-state index in [1.54, 1.807) is 6.07 Å². The molecule has 1 fully saturated rings. The van der Waals surface area contributed by atoms with Crippen molar-refractivity contribution >= 4 is 22.4 Å². The summed E-state index contributed by atoms with van der Waals surface area (Å²) >= 11 is 0. The minimum Gasteiger partial charge on any atom is -0.351 e. The van der Waals surface area contributed by atoms with E-state index >= 15 is 0 Å². The SMILES string of the molecule is C[C@@H]1CN(c2nnc(Cc3ccccc3)c3ccc(C(F)(F)F)cc23)CCN1c1ccc(C#N)cn1. The molecule has 4 aromatic rings. The second-order valence-corrected chi connectivity index (χ2v) is 8.90. The Hall–Kier alpha value is -4.19. The van der Waals surface area contributed by atoms with Gasteiger partial charge in [-0.15, -0.1) is 5.10 Å². The summed E-state index contributed by atoms with van der Waals surface area (Å²) in [5.41, 5.74) is 1.44. The van der Waals surface area contributed by atoms with E-state index in [-0.39, 0.29) is 6.04 Å². The first kappa shape index (κ1) is 23.5. The van der Waals surface area contributed by atoms with Gasteiger partial charge in [-0.3, -0.25) is 0 Å². The Bertz CT molecular complexity index is 1410. The predicted molar refractivity (Wildman–Crippen MR) is 132 cm³/mol. The average molecular weight is 489 g/mol. The first-order valence-electron chi connectivity index (χ1n) is 11.6. The third kappa shape index (κ3) is 4.67. The molecule has 2 aromatic carbocycles. The normalized spacial score (nSPS) is 16.2. The molecule has 2 aromatic heterocycles. The predicted octanol–water partition coefficient (Wildman–Crippen LogP) is 5.22. The summed E-state index contributed by atoms with van der Waals surface area (Å²) in [5, 5.41) is 19.0. The molecule has 1 aliphatic rings.